The average molecular weight is 341 g/mol. The van der Waals surface area contributed by atoms with Crippen molar-refractivity contribution in [2.45, 2.75) is 45.1 Å². The first kappa shape index (κ1) is 17.2. The van der Waals surface area contributed by atoms with Crippen LogP contribution in [0, 0.1) is 12.8 Å². The minimum Gasteiger partial charge on any atom is -0.360 e. The summed E-state index contributed by atoms with van der Waals surface area (Å²) in [6, 6.07) is 11.1. The van der Waals surface area contributed by atoms with Crippen LogP contribution in [0.4, 0.5) is 5.82 Å². The second kappa shape index (κ2) is 7.51. The largest absolute Gasteiger partial charge is 0.360 e. The van der Waals surface area contributed by atoms with Gasteiger partial charge in [0.15, 0.2) is 5.82 Å². The summed E-state index contributed by atoms with van der Waals surface area (Å²) in [6.45, 7) is 3.41. The lowest BCUT2D eigenvalue weighted by atomic mass is 9.90. The summed E-state index contributed by atoms with van der Waals surface area (Å²) >= 11 is 0. The molecule has 1 aliphatic rings. The van der Waals surface area contributed by atoms with E-state index in [0.717, 1.165) is 12.8 Å². The lowest BCUT2D eigenvalue weighted by Crippen LogP contribution is -2.42. The molecule has 1 saturated carbocycles. The molecule has 132 valence electrons. The summed E-state index contributed by atoms with van der Waals surface area (Å²) in [5, 5.41) is 9.13. The molecule has 0 saturated heterocycles. The van der Waals surface area contributed by atoms with Gasteiger partial charge in [-0.1, -0.05) is 35.5 Å². The number of amides is 2. The number of nitrogens with one attached hydrogen (secondary N) is 2. The molecule has 2 aromatic rings. The third-order valence-corrected chi connectivity index (χ3v) is 4.47. The Labute approximate surface area is 147 Å². The van der Waals surface area contributed by atoms with Crippen molar-refractivity contribution in [1.82, 2.24) is 10.5 Å². The number of aryl methyl sites for hydroxylation is 1. The van der Waals surface area contributed by atoms with E-state index in [-0.39, 0.29) is 17.7 Å². The van der Waals surface area contributed by atoms with Crippen molar-refractivity contribution < 1.29 is 14.1 Å². The molecule has 6 heteroatoms. The molecule has 2 amide bonds. The number of anilines is 1. The van der Waals surface area contributed by atoms with Crippen LogP contribution < -0.4 is 10.6 Å². The molecule has 25 heavy (non-hydrogen) atoms. The Hall–Kier alpha value is -2.63. The minimum atomic E-state index is -0.639. The Morgan fingerprint density at radius 3 is 2.60 bits per heavy atom. The number of carbonyl (C=O) groups is 2. The molecule has 2 N–H and O–H groups in total. The van der Waals surface area contributed by atoms with E-state index in [2.05, 4.69) is 27.9 Å². The molecular weight excluding hydrogens is 318 g/mol. The van der Waals surface area contributed by atoms with Crippen LogP contribution in [0.1, 0.15) is 43.4 Å². The molecular formula is C19H23N3O3. The van der Waals surface area contributed by atoms with Crippen LogP contribution in [0.25, 0.3) is 0 Å². The maximum Gasteiger partial charge on any atom is 0.247 e. The standard InChI is InChI=1S/C19H23N3O3/c1-12-10-17(22-25-12)21-19(24)13(2)20-18(23)11-16(15-8-9-15)14-6-4-3-5-7-14/h3-7,10,13,15-16H,8-9,11H2,1-2H3,(H,20,23)(H,21,22,24)/t13-,16?/m1/s1. The monoisotopic (exact) mass is 341 g/mol. The van der Waals surface area contributed by atoms with Gasteiger partial charge in [0.2, 0.25) is 11.8 Å². The van der Waals surface area contributed by atoms with Crippen LogP contribution in [0.2, 0.25) is 0 Å². The Balaban J connectivity index is 1.54. The number of carbonyl (C=O) groups excluding carboxylic acids is 2. The van der Waals surface area contributed by atoms with Gasteiger partial charge in [0.1, 0.15) is 11.8 Å². The Morgan fingerprint density at radius 2 is 2.00 bits per heavy atom. The Kier molecular flexibility index (Phi) is 5.16. The normalized spacial score (nSPS) is 16.1. The van der Waals surface area contributed by atoms with Crippen LogP contribution in [0.5, 0.6) is 0 Å². The number of nitrogens with zero attached hydrogens (tertiary/aromatic N) is 1. The average Bonchev–Trinajstić information content (AvgIpc) is 3.36. The van der Waals surface area contributed by atoms with Crippen LogP contribution in [-0.2, 0) is 9.59 Å². The third kappa shape index (κ3) is 4.68. The predicted molar refractivity (Wildman–Crippen MR) is 94.0 cm³/mol. The maximum absolute atomic E-state index is 12.4. The van der Waals surface area contributed by atoms with E-state index in [1.54, 1.807) is 19.9 Å². The number of hydrogen-bond acceptors (Lipinski definition) is 4. The number of benzene rings is 1. The van der Waals surface area contributed by atoms with Gasteiger partial charge in [-0.25, -0.2) is 0 Å². The number of hydrogen-bond donors (Lipinski definition) is 2. The molecule has 1 fully saturated rings. The highest BCUT2D eigenvalue weighted by atomic mass is 16.5. The quantitative estimate of drug-likeness (QED) is 0.811. The molecule has 0 radical (unpaired) electrons. The van der Waals surface area contributed by atoms with Gasteiger partial charge < -0.3 is 15.2 Å². The van der Waals surface area contributed by atoms with Gasteiger partial charge in [-0.2, -0.15) is 0 Å². The molecule has 0 bridgehead atoms. The van der Waals surface area contributed by atoms with E-state index in [1.807, 2.05) is 18.2 Å². The topological polar surface area (TPSA) is 84.2 Å². The summed E-state index contributed by atoms with van der Waals surface area (Å²) in [5.74, 6) is 1.32. The smallest absolute Gasteiger partial charge is 0.247 e. The van der Waals surface area contributed by atoms with Crippen LogP contribution in [0.15, 0.2) is 40.9 Å². The molecule has 0 spiro atoms. The van der Waals surface area contributed by atoms with Crippen molar-refractivity contribution in [3.05, 3.63) is 47.7 Å². The third-order valence-electron chi connectivity index (χ3n) is 4.47. The highest BCUT2D eigenvalue weighted by Gasteiger charge is 2.34. The van der Waals surface area contributed by atoms with E-state index in [4.69, 9.17) is 4.52 Å². The van der Waals surface area contributed by atoms with Gasteiger partial charge in [-0.3, -0.25) is 9.59 Å². The lowest BCUT2D eigenvalue weighted by molar-refractivity contribution is -0.126. The van der Waals surface area contributed by atoms with Crippen LogP contribution in [0.3, 0.4) is 0 Å². The first-order chi connectivity index (χ1) is 12.0. The molecule has 1 aromatic heterocycles. The Bertz CT molecular complexity index is 737. The Morgan fingerprint density at radius 1 is 1.28 bits per heavy atom. The highest BCUT2D eigenvalue weighted by Crippen LogP contribution is 2.44. The minimum absolute atomic E-state index is 0.111. The van der Waals surface area contributed by atoms with Crippen LogP contribution in [-0.4, -0.2) is 23.0 Å². The van der Waals surface area contributed by atoms with E-state index in [1.165, 1.54) is 5.56 Å². The molecule has 1 unspecified atom stereocenters. The van der Waals surface area contributed by atoms with Gasteiger partial charge in [-0.05, 0) is 44.1 Å². The SMILES string of the molecule is Cc1cc(NC(=O)[C@@H](C)NC(=O)CC(c2ccccc2)C2CC2)no1. The summed E-state index contributed by atoms with van der Waals surface area (Å²) in [4.78, 5) is 24.6. The van der Waals surface area contributed by atoms with Gasteiger partial charge in [-0.15, -0.1) is 0 Å². The zero-order chi connectivity index (χ0) is 17.8. The van der Waals surface area contributed by atoms with Crippen molar-refractivity contribution in [2.24, 2.45) is 5.92 Å². The van der Waals surface area contributed by atoms with Crippen molar-refractivity contribution in [1.29, 1.82) is 0 Å². The van der Waals surface area contributed by atoms with E-state index in [9.17, 15) is 9.59 Å². The first-order valence-electron chi connectivity index (χ1n) is 8.61. The summed E-state index contributed by atoms with van der Waals surface area (Å²) < 4.78 is 4.91. The maximum atomic E-state index is 12.4. The molecule has 0 aliphatic heterocycles. The van der Waals surface area contributed by atoms with Gasteiger partial charge in [0.05, 0.1) is 0 Å². The fourth-order valence-corrected chi connectivity index (χ4v) is 2.98. The fraction of sp³-hybridized carbons (Fsp3) is 0.421. The van der Waals surface area contributed by atoms with Crippen molar-refractivity contribution in [3.8, 4) is 0 Å². The van der Waals surface area contributed by atoms with E-state index >= 15 is 0 Å². The van der Waals surface area contributed by atoms with Crippen LogP contribution >= 0.6 is 0 Å². The van der Waals surface area contributed by atoms with Crippen molar-refractivity contribution in [2.75, 3.05) is 5.32 Å². The van der Waals surface area contributed by atoms with Crippen molar-refractivity contribution in [3.63, 3.8) is 0 Å². The molecule has 1 heterocycles. The zero-order valence-electron chi connectivity index (χ0n) is 14.5. The van der Waals surface area contributed by atoms with Crippen molar-refractivity contribution >= 4 is 17.6 Å². The summed E-state index contributed by atoms with van der Waals surface area (Å²) in [7, 11) is 0. The fourth-order valence-electron chi connectivity index (χ4n) is 2.98. The molecule has 2 atom stereocenters. The summed E-state index contributed by atoms with van der Waals surface area (Å²) in [6.07, 6.45) is 2.72. The number of rotatable bonds is 7. The van der Waals surface area contributed by atoms with Gasteiger partial charge in [0, 0.05) is 12.5 Å². The molecule has 6 nitrogen and oxygen atoms in total. The number of aromatic nitrogens is 1. The van der Waals surface area contributed by atoms with E-state index in [0.29, 0.717) is 23.9 Å². The highest BCUT2D eigenvalue weighted by molar-refractivity contribution is 5.96. The van der Waals surface area contributed by atoms with E-state index < -0.39 is 6.04 Å². The molecule has 1 aromatic carbocycles. The molecule has 3 rings (SSSR count). The zero-order valence-corrected chi connectivity index (χ0v) is 14.5. The lowest BCUT2D eigenvalue weighted by Gasteiger charge is -2.18. The first-order valence-corrected chi connectivity index (χ1v) is 8.61. The predicted octanol–water partition coefficient (Wildman–Crippen LogP) is 3.01. The van der Waals surface area contributed by atoms with Gasteiger partial charge in [0.25, 0.3) is 0 Å². The second-order valence-electron chi connectivity index (χ2n) is 6.66. The molecule has 1 aliphatic carbocycles. The van der Waals surface area contributed by atoms with Gasteiger partial charge >= 0.3 is 0 Å². The second-order valence-corrected chi connectivity index (χ2v) is 6.66. The summed E-state index contributed by atoms with van der Waals surface area (Å²) in [5.41, 5.74) is 1.19.